The smallest absolute Gasteiger partial charge is 0.230 e. The van der Waals surface area contributed by atoms with Gasteiger partial charge in [-0.05, 0) is 26.3 Å². The van der Waals surface area contributed by atoms with Gasteiger partial charge in [-0.2, -0.15) is 0 Å². The molecule has 1 aromatic carbocycles. The third kappa shape index (κ3) is 2.89. The molecule has 0 saturated carbocycles. The van der Waals surface area contributed by atoms with E-state index in [4.69, 9.17) is 10.5 Å². The monoisotopic (exact) mass is 262 g/mol. The minimum Gasteiger partial charge on any atom is -0.493 e. The van der Waals surface area contributed by atoms with Gasteiger partial charge in [-0.1, -0.05) is 18.2 Å². The summed E-state index contributed by atoms with van der Waals surface area (Å²) in [6.07, 6.45) is 0.740. The number of nitrogens with zero attached hydrogens (tertiary/aromatic N) is 1. The molecule has 0 fully saturated rings. The summed E-state index contributed by atoms with van der Waals surface area (Å²) in [5, 5.41) is 0. The first-order valence-corrected chi connectivity index (χ1v) is 6.87. The lowest BCUT2D eigenvalue weighted by Crippen LogP contribution is -2.43. The van der Waals surface area contributed by atoms with Crippen molar-refractivity contribution in [1.82, 2.24) is 4.90 Å². The molecular weight excluding hydrogens is 240 g/mol. The average Bonchev–Trinajstić information content (AvgIpc) is 2.43. The van der Waals surface area contributed by atoms with E-state index in [-0.39, 0.29) is 17.9 Å². The van der Waals surface area contributed by atoms with E-state index in [1.54, 1.807) is 0 Å². The third-order valence-corrected chi connectivity index (χ3v) is 3.53. The molecular formula is C15H22N2O2. The van der Waals surface area contributed by atoms with Gasteiger partial charge in [-0.3, -0.25) is 4.79 Å². The maximum Gasteiger partial charge on any atom is 0.230 e. The Morgan fingerprint density at radius 1 is 1.47 bits per heavy atom. The highest BCUT2D eigenvalue weighted by molar-refractivity contribution is 5.85. The van der Waals surface area contributed by atoms with Crippen molar-refractivity contribution in [2.45, 2.75) is 32.2 Å². The van der Waals surface area contributed by atoms with E-state index in [9.17, 15) is 4.79 Å². The summed E-state index contributed by atoms with van der Waals surface area (Å²) in [5.41, 5.74) is 6.61. The summed E-state index contributed by atoms with van der Waals surface area (Å²) >= 11 is 0. The summed E-state index contributed by atoms with van der Waals surface area (Å²) in [6, 6.07) is 7.98. The molecule has 1 aliphatic heterocycles. The van der Waals surface area contributed by atoms with Gasteiger partial charge in [0.1, 0.15) is 5.75 Å². The highest BCUT2D eigenvalue weighted by Gasteiger charge is 2.31. The SMILES string of the molecule is CC(C)N(CCN)C(=O)C1CCOc2ccccc21. The molecule has 0 saturated heterocycles. The van der Waals surface area contributed by atoms with Crippen molar-refractivity contribution in [3.05, 3.63) is 29.8 Å². The number of amides is 1. The van der Waals surface area contributed by atoms with Gasteiger partial charge >= 0.3 is 0 Å². The van der Waals surface area contributed by atoms with Gasteiger partial charge < -0.3 is 15.4 Å². The number of rotatable bonds is 4. The van der Waals surface area contributed by atoms with E-state index >= 15 is 0 Å². The second kappa shape index (κ2) is 6.06. The van der Waals surface area contributed by atoms with Crippen molar-refractivity contribution in [3.8, 4) is 5.75 Å². The summed E-state index contributed by atoms with van der Waals surface area (Å²) < 4.78 is 5.61. The fourth-order valence-corrected chi connectivity index (χ4v) is 2.56. The van der Waals surface area contributed by atoms with Crippen molar-refractivity contribution in [2.75, 3.05) is 19.7 Å². The maximum absolute atomic E-state index is 12.7. The molecule has 0 aliphatic carbocycles. The lowest BCUT2D eigenvalue weighted by Gasteiger charge is -2.33. The zero-order chi connectivity index (χ0) is 13.8. The van der Waals surface area contributed by atoms with Crippen molar-refractivity contribution < 1.29 is 9.53 Å². The molecule has 1 atom stereocenters. The van der Waals surface area contributed by atoms with E-state index in [1.165, 1.54) is 0 Å². The minimum atomic E-state index is -0.0982. The zero-order valence-corrected chi connectivity index (χ0v) is 11.6. The Kier molecular flexibility index (Phi) is 4.43. The van der Waals surface area contributed by atoms with E-state index in [0.717, 1.165) is 17.7 Å². The number of carbonyl (C=O) groups excluding carboxylic acids is 1. The Balaban J connectivity index is 2.24. The van der Waals surface area contributed by atoms with Gasteiger partial charge in [0.15, 0.2) is 0 Å². The number of benzene rings is 1. The fourth-order valence-electron chi connectivity index (χ4n) is 2.56. The van der Waals surface area contributed by atoms with Crippen LogP contribution in [0.3, 0.4) is 0 Å². The van der Waals surface area contributed by atoms with Gasteiger partial charge in [-0.25, -0.2) is 0 Å². The van der Waals surface area contributed by atoms with Crippen LogP contribution in [-0.2, 0) is 4.79 Å². The first kappa shape index (κ1) is 13.9. The molecule has 104 valence electrons. The molecule has 0 aromatic heterocycles. The molecule has 1 aliphatic rings. The van der Waals surface area contributed by atoms with E-state index in [0.29, 0.717) is 19.7 Å². The van der Waals surface area contributed by atoms with Gasteiger partial charge in [0.25, 0.3) is 0 Å². The van der Waals surface area contributed by atoms with Crippen LogP contribution < -0.4 is 10.5 Å². The Hall–Kier alpha value is -1.55. The summed E-state index contributed by atoms with van der Waals surface area (Å²) in [6.45, 7) is 5.75. The highest BCUT2D eigenvalue weighted by atomic mass is 16.5. The Bertz CT molecular complexity index is 446. The second-order valence-corrected chi connectivity index (χ2v) is 5.14. The quantitative estimate of drug-likeness (QED) is 0.899. The van der Waals surface area contributed by atoms with Crippen LogP contribution in [0.2, 0.25) is 0 Å². The molecule has 1 unspecified atom stereocenters. The number of hydrogen-bond donors (Lipinski definition) is 1. The Labute approximate surface area is 114 Å². The molecule has 1 aromatic rings. The van der Waals surface area contributed by atoms with E-state index < -0.39 is 0 Å². The Morgan fingerprint density at radius 2 is 2.21 bits per heavy atom. The molecule has 4 heteroatoms. The summed E-state index contributed by atoms with van der Waals surface area (Å²) in [4.78, 5) is 14.6. The van der Waals surface area contributed by atoms with Gasteiger partial charge in [0.05, 0.1) is 12.5 Å². The normalized spacial score (nSPS) is 17.8. The first-order chi connectivity index (χ1) is 9.15. The summed E-state index contributed by atoms with van der Waals surface area (Å²) in [5.74, 6) is 0.902. The van der Waals surface area contributed by atoms with Crippen LogP contribution in [-0.4, -0.2) is 36.5 Å². The number of nitrogens with two attached hydrogens (primary N) is 1. The van der Waals surface area contributed by atoms with Crippen LogP contribution in [0.1, 0.15) is 31.7 Å². The van der Waals surface area contributed by atoms with E-state index in [2.05, 4.69) is 0 Å². The number of carbonyl (C=O) groups is 1. The zero-order valence-electron chi connectivity index (χ0n) is 11.6. The van der Waals surface area contributed by atoms with Crippen LogP contribution in [0.25, 0.3) is 0 Å². The first-order valence-electron chi connectivity index (χ1n) is 6.87. The molecule has 4 nitrogen and oxygen atoms in total. The largest absolute Gasteiger partial charge is 0.493 e. The van der Waals surface area contributed by atoms with Gasteiger partial charge in [0, 0.05) is 24.7 Å². The highest BCUT2D eigenvalue weighted by Crippen LogP contribution is 2.34. The average molecular weight is 262 g/mol. The van der Waals surface area contributed by atoms with Crippen molar-refractivity contribution >= 4 is 5.91 Å². The minimum absolute atomic E-state index is 0.0982. The molecule has 2 N–H and O–H groups in total. The number of ether oxygens (including phenoxy) is 1. The number of fused-ring (bicyclic) bond motifs is 1. The van der Waals surface area contributed by atoms with Crippen molar-refractivity contribution in [1.29, 1.82) is 0 Å². The number of para-hydroxylation sites is 1. The topological polar surface area (TPSA) is 55.6 Å². The van der Waals surface area contributed by atoms with Gasteiger partial charge in [-0.15, -0.1) is 0 Å². The van der Waals surface area contributed by atoms with Crippen LogP contribution in [0, 0.1) is 0 Å². The molecule has 1 heterocycles. The third-order valence-electron chi connectivity index (χ3n) is 3.53. The maximum atomic E-state index is 12.7. The standard InChI is InChI=1S/C15H22N2O2/c1-11(2)17(9-8-16)15(18)13-7-10-19-14-6-4-3-5-12(13)14/h3-6,11,13H,7-10,16H2,1-2H3. The molecule has 0 spiro atoms. The van der Waals surface area contributed by atoms with Crippen LogP contribution in [0.15, 0.2) is 24.3 Å². The predicted octanol–water partition coefficient (Wildman–Crippen LogP) is 1.75. The van der Waals surface area contributed by atoms with Crippen molar-refractivity contribution in [2.24, 2.45) is 5.73 Å². The lowest BCUT2D eigenvalue weighted by atomic mass is 9.91. The molecule has 0 bridgehead atoms. The molecule has 1 amide bonds. The second-order valence-electron chi connectivity index (χ2n) is 5.14. The predicted molar refractivity (Wildman–Crippen MR) is 75.2 cm³/mol. The Morgan fingerprint density at radius 3 is 2.89 bits per heavy atom. The van der Waals surface area contributed by atoms with Crippen LogP contribution in [0.5, 0.6) is 5.75 Å². The fraction of sp³-hybridized carbons (Fsp3) is 0.533. The summed E-state index contributed by atoms with van der Waals surface area (Å²) in [7, 11) is 0. The molecule has 19 heavy (non-hydrogen) atoms. The molecule has 0 radical (unpaired) electrons. The van der Waals surface area contributed by atoms with Crippen molar-refractivity contribution in [3.63, 3.8) is 0 Å². The van der Waals surface area contributed by atoms with Crippen LogP contribution in [0.4, 0.5) is 0 Å². The van der Waals surface area contributed by atoms with Crippen LogP contribution >= 0.6 is 0 Å². The lowest BCUT2D eigenvalue weighted by molar-refractivity contribution is -0.135. The van der Waals surface area contributed by atoms with E-state index in [1.807, 2.05) is 43.0 Å². The van der Waals surface area contributed by atoms with Gasteiger partial charge in [0.2, 0.25) is 5.91 Å². The number of hydrogen-bond acceptors (Lipinski definition) is 3. The molecule has 2 rings (SSSR count).